The van der Waals surface area contributed by atoms with Gasteiger partial charge in [0, 0.05) is 6.42 Å². The van der Waals surface area contributed by atoms with Crippen LogP contribution < -0.4 is 5.32 Å². The van der Waals surface area contributed by atoms with Crippen LogP contribution in [0.25, 0.3) is 0 Å². The number of nitrogens with zero attached hydrogens (tertiary/aromatic N) is 1. The molecule has 390 valence electrons. The van der Waals surface area contributed by atoms with E-state index in [0.717, 1.165) is 83.5 Å². The zero-order valence-electron chi connectivity index (χ0n) is 44.3. The van der Waals surface area contributed by atoms with E-state index in [0.29, 0.717) is 30.3 Å². The van der Waals surface area contributed by atoms with Crippen molar-refractivity contribution >= 4 is 13.7 Å². The van der Waals surface area contributed by atoms with Crippen molar-refractivity contribution in [3.05, 3.63) is 109 Å². The summed E-state index contributed by atoms with van der Waals surface area (Å²) in [5, 5.41) is 14.0. The number of hydrogen-bond acceptors (Lipinski definition) is 5. The number of quaternary nitrogens is 1. The van der Waals surface area contributed by atoms with E-state index >= 15 is 0 Å². The number of aliphatic hydroxyl groups is 1. The van der Waals surface area contributed by atoms with Crippen molar-refractivity contribution in [3.8, 4) is 0 Å². The Hall–Kier alpha value is -2.84. The summed E-state index contributed by atoms with van der Waals surface area (Å²) in [6.45, 7) is 4.72. The number of carbonyl (C=O) groups is 1. The summed E-state index contributed by atoms with van der Waals surface area (Å²) in [5.41, 5.74) is 0. The number of allylic oxidation sites excluding steroid dienone is 18. The Morgan fingerprint density at radius 3 is 1.24 bits per heavy atom. The topological polar surface area (TPSA) is 105 Å². The van der Waals surface area contributed by atoms with Gasteiger partial charge in [-0.05, 0) is 77.0 Å². The van der Waals surface area contributed by atoms with Crippen LogP contribution >= 0.6 is 7.82 Å². The largest absolute Gasteiger partial charge is 0.472 e. The van der Waals surface area contributed by atoms with E-state index in [1.807, 2.05) is 21.1 Å². The van der Waals surface area contributed by atoms with E-state index < -0.39 is 20.0 Å². The van der Waals surface area contributed by atoms with Crippen LogP contribution in [0.5, 0.6) is 0 Å². The number of phosphoric acid groups is 1. The third-order valence-corrected chi connectivity index (χ3v) is 12.5. The normalized spacial score (nSPS) is 14.9. The van der Waals surface area contributed by atoms with Gasteiger partial charge in [-0.25, -0.2) is 4.57 Å². The number of nitrogens with one attached hydrogen (secondary N) is 1. The lowest BCUT2D eigenvalue weighted by Crippen LogP contribution is -2.46. The van der Waals surface area contributed by atoms with Gasteiger partial charge < -0.3 is 19.8 Å². The van der Waals surface area contributed by atoms with E-state index in [-0.39, 0.29) is 19.1 Å². The van der Waals surface area contributed by atoms with Crippen LogP contribution in [0.4, 0.5) is 0 Å². The van der Waals surface area contributed by atoms with E-state index in [4.69, 9.17) is 9.05 Å². The summed E-state index contributed by atoms with van der Waals surface area (Å²) in [5.74, 6) is -0.206. The van der Waals surface area contributed by atoms with Gasteiger partial charge in [-0.1, -0.05) is 232 Å². The predicted octanol–water partition coefficient (Wildman–Crippen LogP) is 16.4. The molecule has 3 atom stereocenters. The highest BCUT2D eigenvalue weighted by atomic mass is 31.2. The molecule has 0 aliphatic heterocycles. The number of phosphoric ester groups is 1. The highest BCUT2D eigenvalue weighted by molar-refractivity contribution is 7.47. The van der Waals surface area contributed by atoms with E-state index in [9.17, 15) is 19.4 Å². The van der Waals surface area contributed by atoms with Crippen molar-refractivity contribution in [2.24, 2.45) is 0 Å². The molecule has 8 nitrogen and oxygen atoms in total. The predicted molar refractivity (Wildman–Crippen MR) is 295 cm³/mol. The first-order valence-corrected chi connectivity index (χ1v) is 28.7. The van der Waals surface area contributed by atoms with Crippen molar-refractivity contribution in [3.63, 3.8) is 0 Å². The van der Waals surface area contributed by atoms with Crippen LogP contribution in [-0.4, -0.2) is 73.4 Å². The quantitative estimate of drug-likeness (QED) is 0.0243. The molecule has 1 amide bonds. The molecule has 0 aliphatic carbocycles. The maximum absolute atomic E-state index is 13.0. The first kappa shape index (κ1) is 65.2. The molecule has 0 spiro atoms. The lowest BCUT2D eigenvalue weighted by molar-refractivity contribution is -0.870. The Morgan fingerprint density at radius 2 is 0.868 bits per heavy atom. The average molecular weight is 968 g/mol. The minimum Gasteiger partial charge on any atom is -0.391 e. The maximum Gasteiger partial charge on any atom is 0.472 e. The van der Waals surface area contributed by atoms with Gasteiger partial charge in [0.15, 0.2) is 0 Å². The van der Waals surface area contributed by atoms with Crippen molar-refractivity contribution in [1.82, 2.24) is 5.32 Å². The fourth-order valence-corrected chi connectivity index (χ4v) is 8.02. The van der Waals surface area contributed by atoms with Crippen molar-refractivity contribution < 1.29 is 32.9 Å². The number of hydrogen-bond donors (Lipinski definition) is 3. The molecule has 0 aromatic carbocycles. The highest BCUT2D eigenvalue weighted by Crippen LogP contribution is 2.43. The molecule has 9 heteroatoms. The summed E-state index contributed by atoms with van der Waals surface area (Å²) in [6.07, 6.45) is 71.4. The van der Waals surface area contributed by atoms with Crippen LogP contribution in [0.1, 0.15) is 206 Å². The van der Waals surface area contributed by atoms with Gasteiger partial charge in [0.1, 0.15) is 13.2 Å². The Kier molecular flexibility index (Phi) is 47.1. The molecule has 0 aliphatic rings. The highest BCUT2D eigenvalue weighted by Gasteiger charge is 2.28. The monoisotopic (exact) mass is 968 g/mol. The van der Waals surface area contributed by atoms with Crippen molar-refractivity contribution in [2.75, 3.05) is 40.9 Å². The van der Waals surface area contributed by atoms with Gasteiger partial charge in [-0.3, -0.25) is 13.8 Å². The molecule has 0 rings (SSSR count). The fourth-order valence-electron chi connectivity index (χ4n) is 7.28. The molecule has 0 saturated carbocycles. The Morgan fingerprint density at radius 1 is 0.515 bits per heavy atom. The van der Waals surface area contributed by atoms with Crippen molar-refractivity contribution in [1.29, 1.82) is 0 Å². The molecule has 0 fully saturated rings. The molecule has 0 heterocycles. The van der Waals surface area contributed by atoms with Gasteiger partial charge >= 0.3 is 7.82 Å². The van der Waals surface area contributed by atoms with Crippen LogP contribution in [-0.2, 0) is 18.4 Å². The summed E-state index contributed by atoms with van der Waals surface area (Å²) in [7, 11) is 1.56. The number of carbonyl (C=O) groups excluding carboxylic acids is 1. The smallest absolute Gasteiger partial charge is 0.391 e. The minimum absolute atomic E-state index is 0.0577. The first-order valence-electron chi connectivity index (χ1n) is 27.3. The number of likely N-dealkylation sites (N-methyl/N-ethyl adjacent to an activating group) is 1. The van der Waals surface area contributed by atoms with E-state index in [2.05, 4.69) is 129 Å². The zero-order valence-corrected chi connectivity index (χ0v) is 45.2. The van der Waals surface area contributed by atoms with Crippen LogP contribution in [0.3, 0.4) is 0 Å². The third kappa shape index (κ3) is 51.0. The molecule has 0 saturated heterocycles. The third-order valence-electron chi connectivity index (χ3n) is 11.5. The van der Waals surface area contributed by atoms with E-state index in [1.165, 1.54) is 89.9 Å². The van der Waals surface area contributed by atoms with Gasteiger partial charge in [-0.2, -0.15) is 0 Å². The second kappa shape index (κ2) is 49.2. The summed E-state index contributed by atoms with van der Waals surface area (Å²) < 4.78 is 23.7. The van der Waals surface area contributed by atoms with Crippen molar-refractivity contribution in [2.45, 2.75) is 219 Å². The Balaban J connectivity index is 4.37. The zero-order chi connectivity index (χ0) is 49.9. The number of amides is 1. The van der Waals surface area contributed by atoms with Gasteiger partial charge in [0.05, 0.1) is 39.9 Å². The SMILES string of the molecule is CC/C=C\C/C=C\C/C=C\C/C=C\C/C=C\C/C=C\C/C=C\C/C=C\C/C=C\CCCC(=O)NC(COP(=O)(O)OCC[N+](C)(C)C)C(O)CCCCCCCCCCCCCCCCCCC. The first-order chi connectivity index (χ1) is 33.0. The second-order valence-corrected chi connectivity index (χ2v) is 20.7. The summed E-state index contributed by atoms with van der Waals surface area (Å²) in [6, 6.07) is -0.800. The van der Waals surface area contributed by atoms with Gasteiger partial charge in [-0.15, -0.1) is 0 Å². The molecule has 0 aromatic heterocycles. The molecule has 68 heavy (non-hydrogen) atoms. The number of unbranched alkanes of at least 4 members (excludes halogenated alkanes) is 17. The Labute approximate surface area is 419 Å². The molecule has 0 bridgehead atoms. The van der Waals surface area contributed by atoms with Crippen LogP contribution in [0.15, 0.2) is 109 Å². The van der Waals surface area contributed by atoms with Crippen LogP contribution in [0.2, 0.25) is 0 Å². The maximum atomic E-state index is 13.0. The fraction of sp³-hybridized carbons (Fsp3) is 0.678. The molecular weight excluding hydrogens is 864 g/mol. The minimum atomic E-state index is -4.34. The van der Waals surface area contributed by atoms with E-state index in [1.54, 1.807) is 0 Å². The lowest BCUT2D eigenvalue weighted by atomic mass is 10.0. The molecule has 3 unspecified atom stereocenters. The second-order valence-electron chi connectivity index (χ2n) is 19.2. The lowest BCUT2D eigenvalue weighted by Gasteiger charge is -2.26. The molecule has 0 radical (unpaired) electrons. The average Bonchev–Trinajstić information content (AvgIpc) is 3.30. The van der Waals surface area contributed by atoms with Gasteiger partial charge in [0.25, 0.3) is 0 Å². The molecule has 0 aromatic rings. The Bertz CT molecular complexity index is 1470. The number of rotatable bonds is 48. The van der Waals surface area contributed by atoms with Gasteiger partial charge in [0.2, 0.25) is 5.91 Å². The summed E-state index contributed by atoms with van der Waals surface area (Å²) in [4.78, 5) is 23.3. The van der Waals surface area contributed by atoms with Crippen LogP contribution in [0, 0.1) is 0 Å². The molecule has 3 N–H and O–H groups in total. The molecular formula is C59H104N2O6P+. The number of aliphatic hydroxyl groups excluding tert-OH is 1. The summed E-state index contributed by atoms with van der Waals surface area (Å²) >= 11 is 0. The standard InChI is InChI=1S/C59H103N2O6P/c1-6-8-10-12-14-16-18-20-22-24-25-26-27-28-29-30-31-32-33-34-35-37-39-41-43-45-47-49-51-53-59(63)60-57(56-67-68(64,65)66-55-54-61(3,4)5)58(62)52-50-48-46-44-42-40-38-36-23-21-19-17-15-13-11-9-7-2/h8,10,14,16,20,22,25-26,28-29,31-32,34-35,39,41,45,47,57-58,62H,6-7,9,11-13,15,17-19,21,23-24,27,30,33,36-38,40,42-44,46,48-56H2,1-5H3,(H-,60,63,64,65)/p+1/b10-8-,16-14-,22-20-,26-25-,29-28-,32-31-,35-34-,41-39-,47-45-.